The lowest BCUT2D eigenvalue weighted by atomic mass is 10.2. The predicted octanol–water partition coefficient (Wildman–Crippen LogP) is 4.50. The fraction of sp³-hybridized carbons (Fsp3) is 0.217. The summed E-state index contributed by atoms with van der Waals surface area (Å²) in [6.45, 7) is 5.78. The van der Waals surface area contributed by atoms with Crippen molar-refractivity contribution >= 4 is 17.5 Å². The Bertz CT molecular complexity index is 1280. The summed E-state index contributed by atoms with van der Waals surface area (Å²) in [5.41, 5.74) is 4.88. The van der Waals surface area contributed by atoms with E-state index in [9.17, 15) is 9.18 Å². The molecular formula is C23H22FN5O2S. The summed E-state index contributed by atoms with van der Waals surface area (Å²) in [5.74, 6) is 0.468. The molecule has 0 N–H and O–H groups in total. The molecule has 9 heteroatoms. The van der Waals surface area contributed by atoms with E-state index >= 15 is 0 Å². The number of thioether (sulfide) groups is 1. The second kappa shape index (κ2) is 8.96. The quantitative estimate of drug-likeness (QED) is 0.304. The Morgan fingerprint density at radius 1 is 1.09 bits per heavy atom. The van der Waals surface area contributed by atoms with Crippen molar-refractivity contribution in [1.82, 2.24) is 24.8 Å². The van der Waals surface area contributed by atoms with Gasteiger partial charge in [0.1, 0.15) is 17.3 Å². The van der Waals surface area contributed by atoms with Gasteiger partial charge in [-0.1, -0.05) is 17.8 Å². The van der Waals surface area contributed by atoms with E-state index in [-0.39, 0.29) is 17.4 Å². The Morgan fingerprint density at radius 2 is 1.84 bits per heavy atom. The molecule has 0 aliphatic heterocycles. The van der Waals surface area contributed by atoms with Crippen LogP contribution in [0.1, 0.15) is 27.3 Å². The third-order valence-electron chi connectivity index (χ3n) is 5.15. The van der Waals surface area contributed by atoms with E-state index in [1.807, 2.05) is 49.6 Å². The molecule has 0 saturated carbocycles. The number of hydrogen-bond acceptors (Lipinski definition) is 6. The number of hydrogen-bond donors (Lipinski definition) is 0. The first-order chi connectivity index (χ1) is 15.4. The SMILES string of the molecule is COc1ccc(C)cc1-n1nnnc1SCC(=O)c1cc(C)n(-c2ccc(F)cc2)c1C. The minimum atomic E-state index is -0.299. The monoisotopic (exact) mass is 451 g/mol. The molecule has 0 radical (unpaired) electrons. The van der Waals surface area contributed by atoms with E-state index in [2.05, 4.69) is 15.5 Å². The highest BCUT2D eigenvalue weighted by Crippen LogP contribution is 2.28. The van der Waals surface area contributed by atoms with E-state index in [1.54, 1.807) is 23.9 Å². The molecule has 0 amide bonds. The maximum absolute atomic E-state index is 13.3. The van der Waals surface area contributed by atoms with Crippen LogP contribution in [0.2, 0.25) is 0 Å². The Morgan fingerprint density at radius 3 is 2.56 bits per heavy atom. The first-order valence-corrected chi connectivity index (χ1v) is 10.9. The van der Waals surface area contributed by atoms with Gasteiger partial charge in [-0.05, 0) is 79.2 Å². The number of tetrazole rings is 1. The van der Waals surface area contributed by atoms with Crippen molar-refractivity contribution < 1.29 is 13.9 Å². The lowest BCUT2D eigenvalue weighted by molar-refractivity contribution is 0.102. The molecule has 7 nitrogen and oxygen atoms in total. The van der Waals surface area contributed by atoms with Crippen LogP contribution in [0.15, 0.2) is 53.7 Å². The first kappa shape index (κ1) is 21.8. The third-order valence-corrected chi connectivity index (χ3v) is 6.07. The summed E-state index contributed by atoms with van der Waals surface area (Å²) in [5, 5.41) is 12.4. The molecule has 0 aliphatic rings. The number of aryl methyl sites for hydroxylation is 2. The fourth-order valence-electron chi connectivity index (χ4n) is 3.63. The second-order valence-electron chi connectivity index (χ2n) is 7.36. The average Bonchev–Trinajstić information content (AvgIpc) is 3.36. The van der Waals surface area contributed by atoms with Gasteiger partial charge in [0.05, 0.1) is 12.9 Å². The normalized spacial score (nSPS) is 11.0. The fourth-order valence-corrected chi connectivity index (χ4v) is 4.39. The van der Waals surface area contributed by atoms with Crippen LogP contribution < -0.4 is 4.74 Å². The highest BCUT2D eigenvalue weighted by atomic mass is 32.2. The number of carbonyl (C=O) groups excluding carboxylic acids is 1. The molecule has 0 aliphatic carbocycles. The Balaban J connectivity index is 1.57. The molecule has 2 heterocycles. The van der Waals surface area contributed by atoms with E-state index in [1.165, 1.54) is 23.9 Å². The highest BCUT2D eigenvalue weighted by Gasteiger charge is 2.19. The van der Waals surface area contributed by atoms with Gasteiger partial charge >= 0.3 is 0 Å². The maximum atomic E-state index is 13.3. The van der Waals surface area contributed by atoms with Gasteiger partial charge in [0.2, 0.25) is 5.16 Å². The Labute approximate surface area is 189 Å². The van der Waals surface area contributed by atoms with E-state index in [0.29, 0.717) is 22.2 Å². The predicted molar refractivity (Wildman–Crippen MR) is 121 cm³/mol. The van der Waals surface area contributed by atoms with Gasteiger partial charge in [-0.2, -0.15) is 4.68 Å². The number of Topliss-reactive ketones (excluding diaryl/α,β-unsaturated/α-hetero) is 1. The molecule has 32 heavy (non-hydrogen) atoms. The number of benzene rings is 2. The van der Waals surface area contributed by atoms with Crippen molar-refractivity contribution in [3.05, 3.63) is 76.9 Å². The number of ketones is 1. The van der Waals surface area contributed by atoms with Crippen molar-refractivity contribution in [2.24, 2.45) is 0 Å². The van der Waals surface area contributed by atoms with Gasteiger partial charge in [-0.25, -0.2) is 4.39 Å². The molecule has 0 saturated heterocycles. The average molecular weight is 452 g/mol. The largest absolute Gasteiger partial charge is 0.494 e. The van der Waals surface area contributed by atoms with Crippen LogP contribution in [0.3, 0.4) is 0 Å². The molecule has 0 fully saturated rings. The summed E-state index contributed by atoms with van der Waals surface area (Å²) >= 11 is 1.26. The number of aromatic nitrogens is 5. The number of rotatable bonds is 7. The minimum Gasteiger partial charge on any atom is -0.494 e. The van der Waals surface area contributed by atoms with E-state index < -0.39 is 0 Å². The van der Waals surface area contributed by atoms with Crippen molar-refractivity contribution in [2.75, 3.05) is 12.9 Å². The number of nitrogens with zero attached hydrogens (tertiary/aromatic N) is 5. The van der Waals surface area contributed by atoms with Gasteiger partial charge in [0.15, 0.2) is 5.78 Å². The van der Waals surface area contributed by atoms with Gasteiger partial charge in [-0.15, -0.1) is 5.10 Å². The molecule has 0 bridgehead atoms. The highest BCUT2D eigenvalue weighted by molar-refractivity contribution is 7.99. The molecular weight excluding hydrogens is 429 g/mol. The van der Waals surface area contributed by atoms with E-state index in [0.717, 1.165) is 22.6 Å². The number of carbonyl (C=O) groups is 1. The molecule has 2 aromatic heterocycles. The Kier molecular flexibility index (Phi) is 6.09. The summed E-state index contributed by atoms with van der Waals surface area (Å²) in [6, 6.07) is 13.8. The van der Waals surface area contributed by atoms with Crippen molar-refractivity contribution in [2.45, 2.75) is 25.9 Å². The number of ether oxygens (including phenoxy) is 1. The van der Waals surface area contributed by atoms with Crippen LogP contribution in [0.25, 0.3) is 11.4 Å². The third kappa shape index (κ3) is 4.16. The molecule has 2 aromatic carbocycles. The second-order valence-corrected chi connectivity index (χ2v) is 8.30. The summed E-state index contributed by atoms with van der Waals surface area (Å²) < 4.78 is 22.3. The van der Waals surface area contributed by atoms with Crippen LogP contribution in [0.5, 0.6) is 5.75 Å². The topological polar surface area (TPSA) is 74.8 Å². The molecule has 0 unspecified atom stereocenters. The van der Waals surface area contributed by atoms with Crippen LogP contribution in [0, 0.1) is 26.6 Å². The van der Waals surface area contributed by atoms with Crippen LogP contribution >= 0.6 is 11.8 Å². The minimum absolute atomic E-state index is 0.0396. The van der Waals surface area contributed by atoms with Crippen molar-refractivity contribution in [1.29, 1.82) is 0 Å². The van der Waals surface area contributed by atoms with Crippen molar-refractivity contribution in [3.63, 3.8) is 0 Å². The smallest absolute Gasteiger partial charge is 0.214 e. The zero-order chi connectivity index (χ0) is 22.8. The summed E-state index contributed by atoms with van der Waals surface area (Å²) in [6.07, 6.45) is 0. The lowest BCUT2D eigenvalue weighted by Crippen LogP contribution is -2.07. The molecule has 164 valence electrons. The van der Waals surface area contributed by atoms with E-state index in [4.69, 9.17) is 4.74 Å². The van der Waals surface area contributed by atoms with Crippen LogP contribution in [-0.2, 0) is 0 Å². The van der Waals surface area contributed by atoms with Crippen LogP contribution in [-0.4, -0.2) is 43.4 Å². The lowest BCUT2D eigenvalue weighted by Gasteiger charge is -2.10. The number of methoxy groups -OCH3 is 1. The van der Waals surface area contributed by atoms with Gasteiger partial charge in [-0.3, -0.25) is 4.79 Å². The van der Waals surface area contributed by atoms with Gasteiger partial charge in [0, 0.05) is 22.6 Å². The molecule has 4 aromatic rings. The molecule has 0 atom stereocenters. The number of halogens is 1. The zero-order valence-electron chi connectivity index (χ0n) is 18.2. The summed E-state index contributed by atoms with van der Waals surface area (Å²) in [7, 11) is 1.59. The standard InChI is InChI=1S/C23H22FN5O2S/c1-14-5-10-22(31-4)20(11-14)29-23(25-26-27-29)32-13-21(30)19-12-15(2)28(16(19)3)18-8-6-17(24)7-9-18/h5-12H,13H2,1-4H3. The zero-order valence-corrected chi connectivity index (χ0v) is 19.0. The molecule has 0 spiro atoms. The summed E-state index contributed by atoms with van der Waals surface area (Å²) in [4.78, 5) is 13.0. The van der Waals surface area contributed by atoms with Gasteiger partial charge in [0.25, 0.3) is 0 Å². The van der Waals surface area contributed by atoms with Gasteiger partial charge < -0.3 is 9.30 Å². The maximum Gasteiger partial charge on any atom is 0.214 e. The first-order valence-electron chi connectivity index (χ1n) is 9.93. The molecule has 4 rings (SSSR count). The Hall–Kier alpha value is -3.46. The van der Waals surface area contributed by atoms with Crippen molar-refractivity contribution in [3.8, 4) is 17.1 Å². The van der Waals surface area contributed by atoms with Crippen LogP contribution in [0.4, 0.5) is 4.39 Å².